The molecule has 1 amide bonds. The molecule has 33 heavy (non-hydrogen) atoms. The van der Waals surface area contributed by atoms with Crippen LogP contribution in [-0.2, 0) is 17.9 Å². The molecular formula is C25H26ClN5O2. The summed E-state index contributed by atoms with van der Waals surface area (Å²) in [4.78, 5) is 15.1. The molecule has 3 heterocycles. The first-order valence-corrected chi connectivity index (χ1v) is 11.6. The topological polar surface area (TPSA) is 76.2 Å². The highest BCUT2D eigenvalue weighted by Crippen LogP contribution is 2.30. The number of nitrogens with one attached hydrogen (secondary N) is 1. The summed E-state index contributed by atoms with van der Waals surface area (Å²) in [6, 6.07) is 15.1. The number of nitrogens with zero attached hydrogens (tertiary/aromatic N) is 4. The molecule has 2 aromatic heterocycles. The first kappa shape index (κ1) is 21.7. The maximum Gasteiger partial charge on any atom is 0.249 e. The van der Waals surface area contributed by atoms with Gasteiger partial charge in [0.1, 0.15) is 6.54 Å². The van der Waals surface area contributed by atoms with Crippen LogP contribution in [0.2, 0.25) is 5.02 Å². The number of benzene rings is 2. The molecule has 1 saturated heterocycles. The molecule has 5 rings (SSSR count). The van der Waals surface area contributed by atoms with Crippen molar-refractivity contribution in [1.29, 1.82) is 0 Å². The zero-order valence-corrected chi connectivity index (χ0v) is 19.3. The molecule has 0 spiro atoms. The molecule has 8 heteroatoms. The number of hydrogen-bond acceptors (Lipinski definition) is 5. The van der Waals surface area contributed by atoms with Crippen LogP contribution in [0.3, 0.4) is 0 Å². The van der Waals surface area contributed by atoms with E-state index in [1.807, 2.05) is 47.2 Å². The van der Waals surface area contributed by atoms with E-state index < -0.39 is 0 Å². The van der Waals surface area contributed by atoms with Gasteiger partial charge in [-0.2, -0.15) is 0 Å². The van der Waals surface area contributed by atoms with Crippen molar-refractivity contribution >= 4 is 34.1 Å². The fourth-order valence-electron chi connectivity index (χ4n) is 4.29. The summed E-state index contributed by atoms with van der Waals surface area (Å²) in [6.45, 7) is 5.21. The van der Waals surface area contributed by atoms with E-state index in [9.17, 15) is 4.79 Å². The van der Waals surface area contributed by atoms with Gasteiger partial charge in [0, 0.05) is 17.1 Å². The Hall–Kier alpha value is -3.16. The van der Waals surface area contributed by atoms with Crippen LogP contribution >= 0.6 is 11.6 Å². The number of carbonyl (C=O) groups excluding carboxylic acids is 1. The van der Waals surface area contributed by atoms with Gasteiger partial charge in [-0.3, -0.25) is 9.69 Å². The number of amides is 1. The van der Waals surface area contributed by atoms with Crippen molar-refractivity contribution in [1.82, 2.24) is 19.7 Å². The van der Waals surface area contributed by atoms with E-state index in [0.717, 1.165) is 35.5 Å². The Kier molecular flexibility index (Phi) is 6.15. The minimum atomic E-state index is -0.166. The van der Waals surface area contributed by atoms with Crippen molar-refractivity contribution in [2.24, 2.45) is 5.92 Å². The highest BCUT2D eigenvalue weighted by molar-refractivity contribution is 6.33. The normalized spacial score (nSPS) is 15.2. The third-order valence-electron chi connectivity index (χ3n) is 6.18. The van der Waals surface area contributed by atoms with Crippen LogP contribution in [0.5, 0.6) is 0 Å². The van der Waals surface area contributed by atoms with E-state index in [0.29, 0.717) is 29.0 Å². The third-order valence-corrected chi connectivity index (χ3v) is 6.51. The van der Waals surface area contributed by atoms with Gasteiger partial charge in [0.2, 0.25) is 17.7 Å². The Labute approximate surface area is 197 Å². The molecule has 7 nitrogen and oxygen atoms in total. The van der Waals surface area contributed by atoms with E-state index in [2.05, 4.69) is 27.3 Å². The second kappa shape index (κ2) is 9.37. The number of piperidine rings is 1. The van der Waals surface area contributed by atoms with E-state index in [4.69, 9.17) is 16.0 Å². The van der Waals surface area contributed by atoms with Crippen molar-refractivity contribution < 1.29 is 9.21 Å². The summed E-state index contributed by atoms with van der Waals surface area (Å²) in [5.74, 6) is 1.70. The summed E-state index contributed by atoms with van der Waals surface area (Å²) in [7, 11) is 0. The molecule has 0 aliphatic carbocycles. The number of para-hydroxylation sites is 2. The SMILES string of the molecule is CC1CCN(Cc2nnc(-c3cn(CC(=O)Nc4ccccc4Cl)c4ccccc34)o2)CC1. The Balaban J connectivity index is 1.36. The number of rotatable bonds is 6. The van der Waals surface area contributed by atoms with Crippen molar-refractivity contribution in [3.8, 4) is 11.5 Å². The second-order valence-corrected chi connectivity index (χ2v) is 9.08. The van der Waals surface area contributed by atoms with Gasteiger partial charge in [-0.25, -0.2) is 0 Å². The van der Waals surface area contributed by atoms with Gasteiger partial charge in [-0.1, -0.05) is 48.9 Å². The predicted molar refractivity (Wildman–Crippen MR) is 129 cm³/mol. The lowest BCUT2D eigenvalue weighted by Crippen LogP contribution is -2.32. The molecule has 0 radical (unpaired) electrons. The number of aromatic nitrogens is 3. The number of hydrogen-bond donors (Lipinski definition) is 1. The van der Waals surface area contributed by atoms with Crippen LogP contribution in [0.25, 0.3) is 22.4 Å². The maximum atomic E-state index is 12.7. The molecule has 4 aromatic rings. The summed E-state index contributed by atoms with van der Waals surface area (Å²) in [5, 5.41) is 12.9. The molecule has 2 aromatic carbocycles. The molecule has 1 aliphatic rings. The Bertz CT molecular complexity index is 1270. The summed E-state index contributed by atoms with van der Waals surface area (Å²) in [6.07, 6.45) is 4.30. The smallest absolute Gasteiger partial charge is 0.249 e. The zero-order chi connectivity index (χ0) is 22.8. The van der Waals surface area contributed by atoms with Gasteiger partial charge in [0.05, 0.1) is 22.8 Å². The van der Waals surface area contributed by atoms with E-state index in [-0.39, 0.29) is 12.5 Å². The molecule has 170 valence electrons. The fraction of sp³-hybridized carbons (Fsp3) is 0.320. The maximum absolute atomic E-state index is 12.7. The molecule has 0 saturated carbocycles. The molecule has 1 N–H and O–H groups in total. The van der Waals surface area contributed by atoms with Gasteiger partial charge < -0.3 is 14.3 Å². The lowest BCUT2D eigenvalue weighted by atomic mass is 9.99. The number of carbonyl (C=O) groups is 1. The fourth-order valence-corrected chi connectivity index (χ4v) is 4.48. The van der Waals surface area contributed by atoms with Gasteiger partial charge in [-0.05, 0) is 50.0 Å². The number of fused-ring (bicyclic) bond motifs is 1. The number of anilines is 1. The predicted octanol–water partition coefficient (Wildman–Crippen LogP) is 5.22. The van der Waals surface area contributed by atoms with Crippen molar-refractivity contribution in [3.05, 3.63) is 65.6 Å². The van der Waals surface area contributed by atoms with Gasteiger partial charge in [-0.15, -0.1) is 10.2 Å². The number of likely N-dealkylation sites (tertiary alicyclic amines) is 1. The lowest BCUT2D eigenvalue weighted by molar-refractivity contribution is -0.116. The minimum absolute atomic E-state index is 0.138. The average Bonchev–Trinajstić information content (AvgIpc) is 3.42. The second-order valence-electron chi connectivity index (χ2n) is 8.68. The highest BCUT2D eigenvalue weighted by Gasteiger charge is 2.20. The molecule has 0 unspecified atom stereocenters. The van der Waals surface area contributed by atoms with Crippen LogP contribution in [0.1, 0.15) is 25.7 Å². The first-order valence-electron chi connectivity index (χ1n) is 11.2. The van der Waals surface area contributed by atoms with Crippen molar-refractivity contribution in [3.63, 3.8) is 0 Å². The lowest BCUT2D eigenvalue weighted by Gasteiger charge is -2.28. The van der Waals surface area contributed by atoms with E-state index >= 15 is 0 Å². The Morgan fingerprint density at radius 3 is 2.70 bits per heavy atom. The zero-order valence-electron chi connectivity index (χ0n) is 18.5. The monoisotopic (exact) mass is 463 g/mol. The minimum Gasteiger partial charge on any atom is -0.419 e. The number of halogens is 1. The van der Waals surface area contributed by atoms with Crippen LogP contribution in [0, 0.1) is 5.92 Å². The van der Waals surface area contributed by atoms with Gasteiger partial charge in [0.25, 0.3) is 0 Å². The molecule has 0 bridgehead atoms. The summed E-state index contributed by atoms with van der Waals surface area (Å²) >= 11 is 6.18. The summed E-state index contributed by atoms with van der Waals surface area (Å²) in [5.41, 5.74) is 2.34. The molecular weight excluding hydrogens is 438 g/mol. The molecule has 1 aliphatic heterocycles. The van der Waals surface area contributed by atoms with Crippen LogP contribution < -0.4 is 5.32 Å². The molecule has 1 fully saturated rings. The van der Waals surface area contributed by atoms with Gasteiger partial charge >= 0.3 is 0 Å². The Morgan fingerprint density at radius 1 is 1.12 bits per heavy atom. The molecule has 0 atom stereocenters. The van der Waals surface area contributed by atoms with Crippen molar-refractivity contribution in [2.75, 3.05) is 18.4 Å². The quantitative estimate of drug-likeness (QED) is 0.424. The van der Waals surface area contributed by atoms with E-state index in [1.54, 1.807) is 12.1 Å². The first-order chi connectivity index (χ1) is 16.1. The van der Waals surface area contributed by atoms with Crippen LogP contribution in [0.4, 0.5) is 5.69 Å². The standard InChI is InChI=1S/C25H26ClN5O2/c1-17-10-12-30(13-11-17)16-24-28-29-25(33-24)19-14-31(22-9-5-2-6-18(19)22)15-23(32)27-21-8-4-3-7-20(21)26/h2-9,14,17H,10-13,15-16H2,1H3,(H,27,32). The summed E-state index contributed by atoms with van der Waals surface area (Å²) < 4.78 is 7.94. The van der Waals surface area contributed by atoms with Crippen LogP contribution in [0.15, 0.2) is 59.1 Å². The van der Waals surface area contributed by atoms with E-state index in [1.165, 1.54) is 12.8 Å². The highest BCUT2D eigenvalue weighted by atomic mass is 35.5. The van der Waals surface area contributed by atoms with Gasteiger partial charge in [0.15, 0.2) is 0 Å². The van der Waals surface area contributed by atoms with Crippen molar-refractivity contribution in [2.45, 2.75) is 32.9 Å². The largest absolute Gasteiger partial charge is 0.419 e. The average molecular weight is 464 g/mol. The third kappa shape index (κ3) is 4.79. The Morgan fingerprint density at radius 2 is 1.88 bits per heavy atom. The van der Waals surface area contributed by atoms with Crippen LogP contribution in [-0.4, -0.2) is 38.7 Å².